The Morgan fingerprint density at radius 3 is 2.63 bits per heavy atom. The zero-order valence-electron chi connectivity index (χ0n) is 11.3. The predicted molar refractivity (Wildman–Crippen MR) is 79.4 cm³/mol. The van der Waals surface area contributed by atoms with Gasteiger partial charge in [-0.25, -0.2) is 13.1 Å². The highest BCUT2D eigenvalue weighted by atomic mass is 35.5. The molecule has 0 aromatic heterocycles. The van der Waals surface area contributed by atoms with E-state index in [1.807, 2.05) is 26.0 Å². The molecule has 0 radical (unpaired) electrons. The van der Waals surface area contributed by atoms with E-state index in [-0.39, 0.29) is 18.4 Å². The average Bonchev–Trinajstić information content (AvgIpc) is 2.29. The summed E-state index contributed by atoms with van der Waals surface area (Å²) in [5.74, 6) is 0. The lowest BCUT2D eigenvalue weighted by Crippen LogP contribution is -2.45. The SMILES string of the molecule is Cc1ccc(S(=O)(=O)N[C@@H]2CCCNC2)c(C)c1.Cl. The molecular weight excluding hydrogens is 284 g/mol. The van der Waals surface area contributed by atoms with Crippen LogP contribution >= 0.6 is 12.4 Å². The van der Waals surface area contributed by atoms with Gasteiger partial charge in [-0.05, 0) is 44.9 Å². The highest BCUT2D eigenvalue weighted by Gasteiger charge is 2.22. The maximum absolute atomic E-state index is 12.3. The largest absolute Gasteiger partial charge is 0.315 e. The maximum atomic E-state index is 12.3. The van der Waals surface area contributed by atoms with Crippen molar-refractivity contribution in [2.45, 2.75) is 37.6 Å². The Bertz CT molecular complexity index is 525. The van der Waals surface area contributed by atoms with Crippen LogP contribution in [-0.2, 0) is 10.0 Å². The lowest BCUT2D eigenvalue weighted by Gasteiger charge is -2.24. The van der Waals surface area contributed by atoms with Gasteiger partial charge in [0.25, 0.3) is 0 Å². The molecule has 1 atom stereocenters. The van der Waals surface area contributed by atoms with Crippen molar-refractivity contribution >= 4 is 22.4 Å². The van der Waals surface area contributed by atoms with Crippen molar-refractivity contribution in [3.8, 4) is 0 Å². The van der Waals surface area contributed by atoms with Gasteiger partial charge in [-0.3, -0.25) is 0 Å². The molecule has 1 aromatic carbocycles. The molecular formula is C13H21ClN2O2S. The molecule has 1 heterocycles. The summed E-state index contributed by atoms with van der Waals surface area (Å²) in [6.07, 6.45) is 1.91. The Hall–Kier alpha value is -0.620. The molecule has 2 rings (SSSR count). The molecule has 108 valence electrons. The van der Waals surface area contributed by atoms with Gasteiger partial charge in [0, 0.05) is 12.6 Å². The molecule has 1 aliphatic heterocycles. The maximum Gasteiger partial charge on any atom is 0.241 e. The Balaban J connectivity index is 0.00000180. The standard InChI is InChI=1S/C13H20N2O2S.ClH/c1-10-5-6-13(11(2)8-10)18(16,17)15-12-4-3-7-14-9-12;/h5-6,8,12,14-15H,3-4,7,9H2,1-2H3;1H/t12-;/m1./s1. The van der Waals surface area contributed by atoms with Gasteiger partial charge in [-0.2, -0.15) is 0 Å². The van der Waals surface area contributed by atoms with E-state index in [2.05, 4.69) is 10.0 Å². The number of aryl methyl sites for hydroxylation is 2. The number of hydrogen-bond donors (Lipinski definition) is 2. The molecule has 0 aliphatic carbocycles. The molecule has 0 spiro atoms. The Kier molecular flexibility index (Phi) is 5.80. The molecule has 1 aromatic rings. The summed E-state index contributed by atoms with van der Waals surface area (Å²) < 4.78 is 27.4. The lowest BCUT2D eigenvalue weighted by atomic mass is 10.1. The first-order valence-electron chi connectivity index (χ1n) is 6.29. The van der Waals surface area contributed by atoms with E-state index in [4.69, 9.17) is 0 Å². The van der Waals surface area contributed by atoms with Crippen LogP contribution < -0.4 is 10.0 Å². The van der Waals surface area contributed by atoms with E-state index in [0.717, 1.165) is 30.5 Å². The smallest absolute Gasteiger partial charge is 0.241 e. The molecule has 4 nitrogen and oxygen atoms in total. The first kappa shape index (κ1) is 16.4. The Labute approximate surface area is 121 Å². The van der Waals surface area contributed by atoms with Crippen LogP contribution in [-0.4, -0.2) is 27.5 Å². The number of piperidine rings is 1. The highest BCUT2D eigenvalue weighted by molar-refractivity contribution is 7.89. The van der Waals surface area contributed by atoms with Gasteiger partial charge in [0.05, 0.1) is 4.90 Å². The van der Waals surface area contributed by atoms with Crippen molar-refractivity contribution in [2.75, 3.05) is 13.1 Å². The fraction of sp³-hybridized carbons (Fsp3) is 0.538. The number of halogens is 1. The third-order valence-electron chi connectivity index (χ3n) is 3.24. The van der Waals surface area contributed by atoms with Crippen LogP contribution in [0.3, 0.4) is 0 Å². The molecule has 1 fully saturated rings. The summed E-state index contributed by atoms with van der Waals surface area (Å²) in [5.41, 5.74) is 1.87. The normalized spacial score (nSPS) is 19.8. The lowest BCUT2D eigenvalue weighted by molar-refractivity contribution is 0.428. The number of benzene rings is 1. The van der Waals surface area contributed by atoms with E-state index in [0.29, 0.717) is 11.4 Å². The minimum Gasteiger partial charge on any atom is -0.315 e. The van der Waals surface area contributed by atoms with Crippen LogP contribution in [0.15, 0.2) is 23.1 Å². The van der Waals surface area contributed by atoms with Crippen molar-refractivity contribution in [1.82, 2.24) is 10.0 Å². The first-order chi connectivity index (χ1) is 8.49. The van der Waals surface area contributed by atoms with E-state index in [1.54, 1.807) is 6.07 Å². The van der Waals surface area contributed by atoms with Crippen LogP contribution in [0.1, 0.15) is 24.0 Å². The van der Waals surface area contributed by atoms with Crippen molar-refractivity contribution in [2.24, 2.45) is 0 Å². The minimum absolute atomic E-state index is 0. The van der Waals surface area contributed by atoms with Crippen LogP contribution in [0.5, 0.6) is 0 Å². The quantitative estimate of drug-likeness (QED) is 0.894. The van der Waals surface area contributed by atoms with Crippen LogP contribution in [0.4, 0.5) is 0 Å². The van der Waals surface area contributed by atoms with Gasteiger partial charge in [0.15, 0.2) is 0 Å². The van der Waals surface area contributed by atoms with Crippen LogP contribution in [0.25, 0.3) is 0 Å². The van der Waals surface area contributed by atoms with E-state index in [1.165, 1.54) is 0 Å². The molecule has 0 unspecified atom stereocenters. The molecule has 2 N–H and O–H groups in total. The van der Waals surface area contributed by atoms with Crippen LogP contribution in [0, 0.1) is 13.8 Å². The van der Waals surface area contributed by atoms with Gasteiger partial charge >= 0.3 is 0 Å². The van der Waals surface area contributed by atoms with Crippen molar-refractivity contribution in [3.63, 3.8) is 0 Å². The molecule has 0 amide bonds. The average molecular weight is 305 g/mol. The van der Waals surface area contributed by atoms with Gasteiger partial charge in [0.1, 0.15) is 0 Å². The van der Waals surface area contributed by atoms with Gasteiger partial charge in [0.2, 0.25) is 10.0 Å². The summed E-state index contributed by atoms with van der Waals surface area (Å²) in [7, 11) is -3.40. The topological polar surface area (TPSA) is 58.2 Å². The fourth-order valence-corrected chi connectivity index (χ4v) is 3.83. The zero-order chi connectivity index (χ0) is 13.2. The second-order valence-corrected chi connectivity index (χ2v) is 6.62. The third-order valence-corrected chi connectivity index (χ3v) is 4.92. The molecule has 1 saturated heterocycles. The molecule has 1 aliphatic rings. The summed E-state index contributed by atoms with van der Waals surface area (Å²) >= 11 is 0. The van der Waals surface area contributed by atoms with Crippen molar-refractivity contribution < 1.29 is 8.42 Å². The minimum atomic E-state index is -3.40. The molecule has 0 bridgehead atoms. The van der Waals surface area contributed by atoms with Gasteiger partial charge in [-0.1, -0.05) is 17.7 Å². The highest BCUT2D eigenvalue weighted by Crippen LogP contribution is 2.17. The Morgan fingerprint density at radius 1 is 1.32 bits per heavy atom. The second kappa shape index (κ2) is 6.70. The number of nitrogens with one attached hydrogen (secondary N) is 2. The van der Waals surface area contributed by atoms with Gasteiger partial charge in [-0.15, -0.1) is 12.4 Å². The molecule has 0 saturated carbocycles. The predicted octanol–water partition coefficient (Wildman–Crippen LogP) is 1.76. The summed E-state index contributed by atoms with van der Waals surface area (Å²) in [4.78, 5) is 0.388. The monoisotopic (exact) mass is 304 g/mol. The molecule has 6 heteroatoms. The van der Waals surface area contributed by atoms with Crippen LogP contribution in [0.2, 0.25) is 0 Å². The fourth-order valence-electron chi connectivity index (χ4n) is 2.34. The summed E-state index contributed by atoms with van der Waals surface area (Å²) in [6, 6.07) is 5.42. The summed E-state index contributed by atoms with van der Waals surface area (Å²) in [5, 5.41) is 3.21. The number of sulfonamides is 1. The first-order valence-corrected chi connectivity index (χ1v) is 7.78. The van der Waals surface area contributed by atoms with E-state index in [9.17, 15) is 8.42 Å². The summed E-state index contributed by atoms with van der Waals surface area (Å²) in [6.45, 7) is 5.48. The number of rotatable bonds is 3. The third kappa shape index (κ3) is 4.18. The Morgan fingerprint density at radius 2 is 2.05 bits per heavy atom. The van der Waals surface area contributed by atoms with Gasteiger partial charge < -0.3 is 5.32 Å². The van der Waals surface area contributed by atoms with E-state index >= 15 is 0 Å². The van der Waals surface area contributed by atoms with Crippen molar-refractivity contribution in [3.05, 3.63) is 29.3 Å². The molecule has 19 heavy (non-hydrogen) atoms. The van der Waals surface area contributed by atoms with Crippen molar-refractivity contribution in [1.29, 1.82) is 0 Å². The second-order valence-electron chi connectivity index (χ2n) is 4.93. The number of hydrogen-bond acceptors (Lipinski definition) is 3. The van der Waals surface area contributed by atoms with E-state index < -0.39 is 10.0 Å². The zero-order valence-corrected chi connectivity index (χ0v) is 12.9.